The van der Waals surface area contributed by atoms with Gasteiger partial charge in [-0.1, -0.05) is 0 Å². The van der Waals surface area contributed by atoms with Gasteiger partial charge in [0.2, 0.25) is 5.95 Å². The molecule has 0 bridgehead atoms. The van der Waals surface area contributed by atoms with Crippen molar-refractivity contribution in [2.75, 3.05) is 5.01 Å². The molecule has 3 N–H and O–H groups in total. The number of aryl methyl sites for hydroxylation is 2. The number of nitrogens with one attached hydrogen (secondary N) is 1. The smallest absolute Gasteiger partial charge is 0.224 e. The van der Waals surface area contributed by atoms with Crippen LogP contribution in [0.1, 0.15) is 21.7 Å². The Kier molecular flexibility index (Phi) is 2.96. The molecule has 0 aliphatic rings. The molecule has 0 amide bonds. The minimum atomic E-state index is 0.336. The molecule has 0 unspecified atom stereocenters. The van der Waals surface area contributed by atoms with Crippen molar-refractivity contribution in [3.63, 3.8) is 0 Å². The van der Waals surface area contributed by atoms with E-state index in [2.05, 4.69) is 19.9 Å². The van der Waals surface area contributed by atoms with Crippen molar-refractivity contribution >= 4 is 39.6 Å². The molecule has 0 saturated heterocycles. The van der Waals surface area contributed by atoms with Gasteiger partial charge in [0.05, 0.1) is 10.2 Å². The van der Waals surface area contributed by atoms with Gasteiger partial charge >= 0.3 is 0 Å². The lowest BCUT2D eigenvalue weighted by Crippen LogP contribution is -2.27. The van der Waals surface area contributed by atoms with Crippen LogP contribution < -0.4 is 10.9 Å². The van der Waals surface area contributed by atoms with Crippen molar-refractivity contribution < 1.29 is 4.79 Å². The molecule has 7 nitrogen and oxygen atoms in total. The monoisotopic (exact) mass is 288 g/mol. The summed E-state index contributed by atoms with van der Waals surface area (Å²) in [5.41, 5.74) is 2.95. The second-order valence-corrected chi connectivity index (χ2v) is 5.23. The Morgan fingerprint density at radius 2 is 2.20 bits per heavy atom. The number of hydrogen-bond donors (Lipinski definition) is 2. The average Bonchev–Trinajstić information content (AvgIpc) is 3.01. The van der Waals surface area contributed by atoms with E-state index in [1.807, 2.05) is 12.3 Å². The van der Waals surface area contributed by atoms with Crippen molar-refractivity contribution in [3.05, 3.63) is 28.7 Å². The highest BCUT2D eigenvalue weighted by molar-refractivity contribution is 7.18. The third kappa shape index (κ3) is 1.86. The number of aldehydes is 1. The minimum absolute atomic E-state index is 0.336. The van der Waals surface area contributed by atoms with Crippen LogP contribution in [0.25, 0.3) is 10.2 Å². The molecule has 0 aromatic carbocycles. The van der Waals surface area contributed by atoms with E-state index in [1.54, 1.807) is 6.92 Å². The SMILES string of the molecule is Cc1[nH]c(N(N)c2ncnc3c(C)csc23)nc1C=O. The van der Waals surface area contributed by atoms with Crippen molar-refractivity contribution in [1.29, 1.82) is 0 Å². The second-order valence-electron chi connectivity index (χ2n) is 4.35. The lowest BCUT2D eigenvalue weighted by Gasteiger charge is -2.14. The van der Waals surface area contributed by atoms with Gasteiger partial charge in [0.15, 0.2) is 12.1 Å². The first-order valence-electron chi connectivity index (χ1n) is 5.87. The maximum absolute atomic E-state index is 10.9. The normalized spacial score (nSPS) is 10.9. The number of hydrogen-bond acceptors (Lipinski definition) is 7. The predicted molar refractivity (Wildman–Crippen MR) is 77.2 cm³/mol. The Labute approximate surface area is 118 Å². The highest BCUT2D eigenvalue weighted by atomic mass is 32.1. The molecule has 0 atom stereocenters. The number of fused-ring (bicyclic) bond motifs is 1. The van der Waals surface area contributed by atoms with Crippen LogP contribution in [0.15, 0.2) is 11.7 Å². The van der Waals surface area contributed by atoms with E-state index in [0.29, 0.717) is 29.4 Å². The van der Waals surface area contributed by atoms with E-state index in [4.69, 9.17) is 5.84 Å². The van der Waals surface area contributed by atoms with Gasteiger partial charge < -0.3 is 4.98 Å². The van der Waals surface area contributed by atoms with E-state index < -0.39 is 0 Å². The van der Waals surface area contributed by atoms with Gasteiger partial charge in [0.25, 0.3) is 0 Å². The van der Waals surface area contributed by atoms with E-state index in [1.165, 1.54) is 22.7 Å². The molecule has 8 heteroatoms. The van der Waals surface area contributed by atoms with Crippen molar-refractivity contribution in [2.45, 2.75) is 13.8 Å². The first kappa shape index (κ1) is 12.7. The number of aromatic amines is 1. The first-order chi connectivity index (χ1) is 9.61. The number of rotatable bonds is 3. The zero-order valence-electron chi connectivity index (χ0n) is 10.9. The lowest BCUT2D eigenvalue weighted by molar-refractivity contribution is 0.111. The fraction of sp³-hybridized carbons (Fsp3) is 0.167. The number of nitrogens with two attached hydrogens (primary N) is 1. The first-order valence-corrected chi connectivity index (χ1v) is 6.75. The summed E-state index contributed by atoms with van der Waals surface area (Å²) in [5, 5.41) is 3.33. The summed E-state index contributed by atoms with van der Waals surface area (Å²) in [4.78, 5) is 26.4. The summed E-state index contributed by atoms with van der Waals surface area (Å²) >= 11 is 1.52. The maximum atomic E-state index is 10.9. The van der Waals surface area contributed by atoms with E-state index in [0.717, 1.165) is 15.8 Å². The minimum Gasteiger partial charge on any atom is -0.326 e. The van der Waals surface area contributed by atoms with Gasteiger partial charge in [-0.15, -0.1) is 11.3 Å². The molecule has 0 saturated carbocycles. The third-order valence-corrected chi connectivity index (χ3v) is 4.07. The van der Waals surface area contributed by atoms with Crippen LogP contribution in [0.2, 0.25) is 0 Å². The van der Waals surface area contributed by atoms with Gasteiger partial charge in [0.1, 0.15) is 12.0 Å². The molecular formula is C12H12N6OS. The van der Waals surface area contributed by atoms with E-state index in [-0.39, 0.29) is 0 Å². The van der Waals surface area contributed by atoms with Gasteiger partial charge in [-0.05, 0) is 24.8 Å². The number of nitrogens with zero attached hydrogens (tertiary/aromatic N) is 4. The Hall–Kier alpha value is -2.32. The third-order valence-electron chi connectivity index (χ3n) is 2.99. The van der Waals surface area contributed by atoms with Crippen LogP contribution in [0, 0.1) is 13.8 Å². The Morgan fingerprint density at radius 3 is 2.90 bits per heavy atom. The van der Waals surface area contributed by atoms with Crippen molar-refractivity contribution in [1.82, 2.24) is 19.9 Å². The summed E-state index contributed by atoms with van der Waals surface area (Å²) < 4.78 is 0.884. The summed E-state index contributed by atoms with van der Waals surface area (Å²) in [6.45, 7) is 3.75. The molecule has 0 radical (unpaired) electrons. The number of H-pyrrole nitrogens is 1. The Bertz CT molecular complexity index is 792. The van der Waals surface area contributed by atoms with Crippen molar-refractivity contribution in [3.8, 4) is 0 Å². The highest BCUT2D eigenvalue weighted by Crippen LogP contribution is 2.31. The van der Waals surface area contributed by atoms with Gasteiger partial charge in [-0.2, -0.15) is 0 Å². The summed E-state index contributed by atoms with van der Waals surface area (Å²) in [6, 6.07) is 0. The standard InChI is InChI=1S/C12H12N6OS/c1-6-4-20-10-9(6)14-5-15-11(10)18(13)12-16-7(2)8(3-19)17-12/h3-5H,13H2,1-2H3,(H,16,17). The zero-order chi connectivity index (χ0) is 14.3. The molecule has 0 aliphatic carbocycles. The molecule has 20 heavy (non-hydrogen) atoms. The van der Waals surface area contributed by atoms with Crippen LogP contribution in [-0.2, 0) is 0 Å². The van der Waals surface area contributed by atoms with Crippen LogP contribution in [0.4, 0.5) is 11.8 Å². The van der Waals surface area contributed by atoms with Crippen molar-refractivity contribution in [2.24, 2.45) is 5.84 Å². The predicted octanol–water partition coefficient (Wildman–Crippen LogP) is 1.86. The molecule has 0 aliphatic heterocycles. The molecule has 3 rings (SSSR count). The number of thiophene rings is 1. The lowest BCUT2D eigenvalue weighted by atomic mass is 10.3. The zero-order valence-corrected chi connectivity index (χ0v) is 11.7. The second kappa shape index (κ2) is 4.66. The van der Waals surface area contributed by atoms with Gasteiger partial charge in [-0.3, -0.25) is 4.79 Å². The topological polar surface area (TPSA) is 101 Å². The number of anilines is 2. The van der Waals surface area contributed by atoms with Crippen LogP contribution >= 0.6 is 11.3 Å². The summed E-state index contributed by atoms with van der Waals surface area (Å²) in [6.07, 6.45) is 2.15. The number of aromatic nitrogens is 4. The fourth-order valence-corrected chi connectivity index (χ4v) is 2.90. The van der Waals surface area contributed by atoms with Crippen LogP contribution in [-0.4, -0.2) is 26.2 Å². The highest BCUT2D eigenvalue weighted by Gasteiger charge is 2.17. The maximum Gasteiger partial charge on any atom is 0.224 e. The summed E-state index contributed by atoms with van der Waals surface area (Å²) in [7, 11) is 0. The molecule has 0 fully saturated rings. The number of imidazole rings is 1. The number of hydrazine groups is 1. The number of carbonyl (C=O) groups excluding carboxylic acids is 1. The van der Waals surface area contributed by atoms with Gasteiger partial charge in [-0.25, -0.2) is 25.8 Å². The largest absolute Gasteiger partial charge is 0.326 e. The summed E-state index contributed by atoms with van der Waals surface area (Å²) in [5.74, 6) is 6.99. The van der Waals surface area contributed by atoms with Crippen LogP contribution in [0.5, 0.6) is 0 Å². The molecule has 3 heterocycles. The Morgan fingerprint density at radius 1 is 1.40 bits per heavy atom. The van der Waals surface area contributed by atoms with Gasteiger partial charge in [0, 0.05) is 5.69 Å². The molecular weight excluding hydrogens is 276 g/mol. The quantitative estimate of drug-likeness (QED) is 0.433. The molecule has 3 aromatic heterocycles. The van der Waals surface area contributed by atoms with Crippen LogP contribution in [0.3, 0.4) is 0 Å². The number of carbonyl (C=O) groups is 1. The fourth-order valence-electron chi connectivity index (χ4n) is 1.92. The Balaban J connectivity index is 2.12. The van der Waals surface area contributed by atoms with E-state index >= 15 is 0 Å². The molecule has 3 aromatic rings. The molecule has 102 valence electrons. The molecule has 0 spiro atoms. The average molecular weight is 288 g/mol. The van der Waals surface area contributed by atoms with E-state index in [9.17, 15) is 4.79 Å².